The van der Waals surface area contributed by atoms with Crippen molar-refractivity contribution in [2.24, 2.45) is 0 Å². The summed E-state index contributed by atoms with van der Waals surface area (Å²) in [6.07, 6.45) is 0. The number of benzene rings is 2. The first-order valence-corrected chi connectivity index (χ1v) is 8.89. The molecule has 1 aliphatic heterocycles. The summed E-state index contributed by atoms with van der Waals surface area (Å²) in [4.78, 5) is 25.5. The largest absolute Gasteiger partial charge is 0.326 e. The van der Waals surface area contributed by atoms with E-state index in [0.29, 0.717) is 5.75 Å². The Hall–Kier alpha value is -2.27. The van der Waals surface area contributed by atoms with Crippen molar-refractivity contribution < 1.29 is 9.59 Å². The predicted octanol–water partition coefficient (Wildman–Crippen LogP) is 4.04. The Kier molecular flexibility index (Phi) is 4.62. The molecule has 1 fully saturated rings. The lowest BCUT2D eigenvalue weighted by Crippen LogP contribution is -2.28. The van der Waals surface area contributed by atoms with Crippen LogP contribution in [-0.2, 0) is 9.59 Å². The number of nitrogens with one attached hydrogen (secondary N) is 1. The van der Waals surface area contributed by atoms with Gasteiger partial charge in [-0.25, -0.2) is 0 Å². The Balaban J connectivity index is 1.93. The van der Waals surface area contributed by atoms with Crippen LogP contribution in [-0.4, -0.2) is 17.6 Å². The van der Waals surface area contributed by atoms with E-state index in [1.54, 1.807) is 11.8 Å². The van der Waals surface area contributed by atoms with Gasteiger partial charge in [0.2, 0.25) is 11.8 Å². The zero-order valence-electron chi connectivity index (χ0n) is 14.0. The monoisotopic (exact) mass is 340 g/mol. The van der Waals surface area contributed by atoms with Crippen molar-refractivity contribution in [2.75, 3.05) is 16.0 Å². The lowest BCUT2D eigenvalue weighted by molar-refractivity contribution is -0.116. The lowest BCUT2D eigenvalue weighted by Gasteiger charge is -2.26. The van der Waals surface area contributed by atoms with Gasteiger partial charge in [-0.3, -0.25) is 14.5 Å². The van der Waals surface area contributed by atoms with Crippen LogP contribution in [0.25, 0.3) is 0 Å². The molecule has 3 rings (SSSR count). The molecule has 5 heteroatoms. The molecule has 1 atom stereocenters. The van der Waals surface area contributed by atoms with E-state index >= 15 is 0 Å². The first-order chi connectivity index (χ1) is 11.5. The highest BCUT2D eigenvalue weighted by Crippen LogP contribution is 2.43. The Bertz CT molecular complexity index is 786. The summed E-state index contributed by atoms with van der Waals surface area (Å²) in [6, 6.07) is 13.8. The van der Waals surface area contributed by atoms with Gasteiger partial charge < -0.3 is 5.32 Å². The molecule has 1 aliphatic rings. The van der Waals surface area contributed by atoms with E-state index in [4.69, 9.17) is 0 Å². The molecule has 1 saturated heterocycles. The normalized spacial score (nSPS) is 17.2. The maximum Gasteiger partial charge on any atom is 0.238 e. The molecule has 1 N–H and O–H groups in total. The third-order valence-electron chi connectivity index (χ3n) is 4.22. The molecule has 2 aromatic rings. The van der Waals surface area contributed by atoms with Crippen molar-refractivity contribution in [3.63, 3.8) is 0 Å². The molecule has 0 aliphatic carbocycles. The summed E-state index contributed by atoms with van der Waals surface area (Å²) in [7, 11) is 0. The quantitative estimate of drug-likeness (QED) is 0.917. The van der Waals surface area contributed by atoms with Gasteiger partial charge in [-0.05, 0) is 48.7 Å². The van der Waals surface area contributed by atoms with E-state index in [0.717, 1.165) is 22.5 Å². The minimum atomic E-state index is -0.0924. The van der Waals surface area contributed by atoms with Gasteiger partial charge in [-0.1, -0.05) is 24.3 Å². The van der Waals surface area contributed by atoms with Gasteiger partial charge in [0.25, 0.3) is 0 Å². The molecule has 24 heavy (non-hydrogen) atoms. The van der Waals surface area contributed by atoms with Gasteiger partial charge in [0.15, 0.2) is 0 Å². The van der Waals surface area contributed by atoms with E-state index in [9.17, 15) is 9.59 Å². The molecule has 0 bridgehead atoms. The molecule has 2 aromatic carbocycles. The molecule has 0 saturated carbocycles. The average molecular weight is 340 g/mol. The highest BCUT2D eigenvalue weighted by atomic mass is 32.2. The van der Waals surface area contributed by atoms with E-state index in [1.807, 2.05) is 41.3 Å². The number of hydrogen-bond donors (Lipinski definition) is 1. The fraction of sp³-hybridized carbons (Fsp3) is 0.263. The molecule has 1 heterocycles. The van der Waals surface area contributed by atoms with Crippen LogP contribution >= 0.6 is 11.8 Å². The first-order valence-electron chi connectivity index (χ1n) is 7.85. The van der Waals surface area contributed by atoms with Crippen LogP contribution in [0.4, 0.5) is 11.4 Å². The summed E-state index contributed by atoms with van der Waals surface area (Å²) >= 11 is 1.63. The van der Waals surface area contributed by atoms with Crippen LogP contribution in [0.5, 0.6) is 0 Å². The molecule has 4 nitrogen and oxygen atoms in total. The molecule has 2 amide bonds. The second kappa shape index (κ2) is 6.69. The van der Waals surface area contributed by atoms with E-state index < -0.39 is 0 Å². The number of carbonyl (C=O) groups excluding carboxylic acids is 2. The molecular weight excluding hydrogens is 320 g/mol. The molecule has 0 spiro atoms. The summed E-state index contributed by atoms with van der Waals surface area (Å²) in [5.41, 5.74) is 5.10. The third-order valence-corrected chi connectivity index (χ3v) is 5.43. The fourth-order valence-corrected chi connectivity index (χ4v) is 4.03. The minimum Gasteiger partial charge on any atom is -0.326 e. The highest BCUT2D eigenvalue weighted by Gasteiger charge is 2.34. The highest BCUT2D eigenvalue weighted by molar-refractivity contribution is 8.00. The summed E-state index contributed by atoms with van der Waals surface area (Å²) in [5.74, 6) is 0.515. The van der Waals surface area contributed by atoms with Gasteiger partial charge in [-0.15, -0.1) is 11.8 Å². The standard InChI is InChI=1S/C19H20N2O2S/c1-12-5-4-6-17(13(12)2)21-18(23)11-24-19(21)15-7-9-16(10-8-15)20-14(3)22/h4-10,19H,11H2,1-3H3,(H,20,22)/t19-/m0/s1. The van der Waals surface area contributed by atoms with Crippen molar-refractivity contribution in [1.29, 1.82) is 0 Å². The van der Waals surface area contributed by atoms with Crippen LogP contribution in [0.2, 0.25) is 0 Å². The van der Waals surface area contributed by atoms with Crippen molar-refractivity contribution in [2.45, 2.75) is 26.1 Å². The van der Waals surface area contributed by atoms with Crippen molar-refractivity contribution in [3.8, 4) is 0 Å². The number of nitrogens with zero attached hydrogens (tertiary/aromatic N) is 1. The first kappa shape index (κ1) is 16.6. The Morgan fingerprint density at radius 2 is 1.88 bits per heavy atom. The Labute approximate surface area is 146 Å². The van der Waals surface area contributed by atoms with Gasteiger partial charge in [0.1, 0.15) is 5.37 Å². The maximum absolute atomic E-state index is 12.5. The zero-order valence-corrected chi connectivity index (χ0v) is 14.8. The van der Waals surface area contributed by atoms with Crippen LogP contribution in [0.1, 0.15) is 29.0 Å². The third kappa shape index (κ3) is 3.17. The number of thioether (sulfide) groups is 1. The SMILES string of the molecule is CC(=O)Nc1ccc([C@@H]2SCC(=O)N2c2cccc(C)c2C)cc1. The zero-order chi connectivity index (χ0) is 17.3. The van der Waals surface area contributed by atoms with E-state index in [1.165, 1.54) is 12.5 Å². The number of amides is 2. The van der Waals surface area contributed by atoms with Crippen molar-refractivity contribution in [1.82, 2.24) is 0 Å². The number of hydrogen-bond acceptors (Lipinski definition) is 3. The number of carbonyl (C=O) groups is 2. The smallest absolute Gasteiger partial charge is 0.238 e. The van der Waals surface area contributed by atoms with Crippen LogP contribution in [0.3, 0.4) is 0 Å². The summed E-state index contributed by atoms with van der Waals surface area (Å²) < 4.78 is 0. The maximum atomic E-state index is 12.5. The van der Waals surface area contributed by atoms with Gasteiger partial charge in [0, 0.05) is 18.3 Å². The predicted molar refractivity (Wildman–Crippen MR) is 99.3 cm³/mol. The molecule has 0 aromatic heterocycles. The number of anilines is 2. The van der Waals surface area contributed by atoms with Crippen LogP contribution in [0.15, 0.2) is 42.5 Å². The van der Waals surface area contributed by atoms with Crippen molar-refractivity contribution in [3.05, 3.63) is 59.2 Å². The lowest BCUT2D eigenvalue weighted by atomic mass is 10.1. The molecule has 0 unspecified atom stereocenters. The van der Waals surface area contributed by atoms with E-state index in [-0.39, 0.29) is 17.2 Å². The fourth-order valence-electron chi connectivity index (χ4n) is 2.86. The minimum absolute atomic E-state index is 0.0376. The second-order valence-electron chi connectivity index (χ2n) is 5.95. The average Bonchev–Trinajstić information content (AvgIpc) is 2.92. The molecule has 124 valence electrons. The Morgan fingerprint density at radius 3 is 2.54 bits per heavy atom. The number of rotatable bonds is 3. The summed E-state index contributed by atoms with van der Waals surface area (Å²) in [5, 5.41) is 2.73. The van der Waals surface area contributed by atoms with Crippen LogP contribution in [0, 0.1) is 13.8 Å². The summed E-state index contributed by atoms with van der Waals surface area (Å²) in [6.45, 7) is 5.60. The Morgan fingerprint density at radius 1 is 1.17 bits per heavy atom. The van der Waals surface area contributed by atoms with Gasteiger partial charge in [-0.2, -0.15) is 0 Å². The molecular formula is C19H20N2O2S. The van der Waals surface area contributed by atoms with Gasteiger partial charge in [0.05, 0.1) is 5.75 Å². The van der Waals surface area contributed by atoms with Crippen LogP contribution < -0.4 is 10.2 Å². The topological polar surface area (TPSA) is 49.4 Å². The van der Waals surface area contributed by atoms with E-state index in [2.05, 4.69) is 25.2 Å². The van der Waals surface area contributed by atoms with Crippen molar-refractivity contribution >= 4 is 35.0 Å². The number of aryl methyl sites for hydroxylation is 1. The second-order valence-corrected chi connectivity index (χ2v) is 7.02. The molecule has 0 radical (unpaired) electrons. The van der Waals surface area contributed by atoms with Gasteiger partial charge >= 0.3 is 0 Å².